The lowest BCUT2D eigenvalue weighted by Gasteiger charge is -2.24. The Morgan fingerprint density at radius 2 is 2.06 bits per heavy atom. The van der Waals surface area contributed by atoms with Crippen molar-refractivity contribution < 1.29 is 4.52 Å². The Balaban J connectivity index is 2.10. The third-order valence-corrected chi connectivity index (χ3v) is 3.96. The Hall–Kier alpha value is -0.900. The maximum Gasteiger partial charge on any atom is 0.244 e. The molecule has 2 rings (SSSR count). The molecule has 18 heavy (non-hydrogen) atoms. The molecule has 0 aromatic carbocycles. The minimum absolute atomic E-state index is 0.0519. The van der Waals surface area contributed by atoms with Crippen LogP contribution in [-0.4, -0.2) is 10.1 Å². The third-order valence-electron chi connectivity index (χ3n) is 3.96. The first kappa shape index (κ1) is 13.5. The Kier molecular flexibility index (Phi) is 3.76. The Morgan fingerprint density at radius 1 is 1.33 bits per heavy atom. The van der Waals surface area contributed by atoms with E-state index in [1.54, 1.807) is 0 Å². The summed E-state index contributed by atoms with van der Waals surface area (Å²) in [6, 6.07) is -0.195. The summed E-state index contributed by atoms with van der Waals surface area (Å²) in [6.07, 6.45) is 4.93. The molecule has 0 aliphatic heterocycles. The van der Waals surface area contributed by atoms with Gasteiger partial charge in [-0.25, -0.2) is 0 Å². The lowest BCUT2D eigenvalue weighted by Crippen LogP contribution is -2.26. The van der Waals surface area contributed by atoms with Crippen molar-refractivity contribution in [2.24, 2.45) is 17.1 Å². The van der Waals surface area contributed by atoms with Crippen LogP contribution in [0.4, 0.5) is 0 Å². The monoisotopic (exact) mass is 251 g/mol. The summed E-state index contributed by atoms with van der Waals surface area (Å²) in [5, 5.41) is 4.14. The molecule has 0 saturated heterocycles. The topological polar surface area (TPSA) is 64.9 Å². The highest BCUT2D eigenvalue weighted by Gasteiger charge is 2.30. The first-order valence-electron chi connectivity index (χ1n) is 6.97. The summed E-state index contributed by atoms with van der Waals surface area (Å²) in [5.41, 5.74) is 6.09. The van der Waals surface area contributed by atoms with E-state index in [9.17, 15) is 0 Å². The van der Waals surface area contributed by atoms with Crippen LogP contribution in [0.1, 0.15) is 77.1 Å². The van der Waals surface area contributed by atoms with E-state index in [1.807, 2.05) is 0 Å². The van der Waals surface area contributed by atoms with Crippen molar-refractivity contribution in [1.29, 1.82) is 0 Å². The van der Waals surface area contributed by atoms with Crippen LogP contribution in [0.5, 0.6) is 0 Å². The zero-order valence-electron chi connectivity index (χ0n) is 11.9. The average Bonchev–Trinajstić information content (AvgIpc) is 2.75. The molecular weight excluding hydrogens is 226 g/mol. The van der Waals surface area contributed by atoms with Gasteiger partial charge in [0.05, 0.1) is 6.04 Å². The fourth-order valence-electron chi connectivity index (χ4n) is 2.58. The molecule has 0 bridgehead atoms. The van der Waals surface area contributed by atoms with Crippen LogP contribution in [0, 0.1) is 11.3 Å². The average molecular weight is 251 g/mol. The molecule has 1 aromatic rings. The Morgan fingerprint density at radius 3 is 2.67 bits per heavy atom. The van der Waals surface area contributed by atoms with Crippen LogP contribution >= 0.6 is 0 Å². The molecule has 1 fully saturated rings. The fraction of sp³-hybridized carbons (Fsp3) is 0.857. The predicted molar refractivity (Wildman–Crippen MR) is 71.1 cm³/mol. The van der Waals surface area contributed by atoms with E-state index < -0.39 is 0 Å². The van der Waals surface area contributed by atoms with Gasteiger partial charge in [0.2, 0.25) is 5.89 Å². The van der Waals surface area contributed by atoms with E-state index in [1.165, 1.54) is 25.7 Å². The molecule has 0 amide bonds. The minimum atomic E-state index is -0.195. The van der Waals surface area contributed by atoms with Crippen molar-refractivity contribution in [2.45, 2.75) is 65.3 Å². The zero-order valence-corrected chi connectivity index (χ0v) is 11.9. The second-order valence-electron chi connectivity index (χ2n) is 6.80. The van der Waals surface area contributed by atoms with Gasteiger partial charge in [-0.3, -0.25) is 0 Å². The maximum absolute atomic E-state index is 6.15. The summed E-state index contributed by atoms with van der Waals surface area (Å²) < 4.78 is 5.36. The van der Waals surface area contributed by atoms with Crippen LogP contribution in [0.2, 0.25) is 0 Å². The molecule has 1 saturated carbocycles. The van der Waals surface area contributed by atoms with Gasteiger partial charge in [0.25, 0.3) is 0 Å². The van der Waals surface area contributed by atoms with Crippen molar-refractivity contribution in [1.82, 2.24) is 10.1 Å². The molecule has 1 aliphatic rings. The van der Waals surface area contributed by atoms with Gasteiger partial charge in [-0.05, 0) is 24.2 Å². The number of nitrogens with two attached hydrogens (primary N) is 1. The number of rotatable bonds is 2. The molecule has 0 radical (unpaired) electrons. The van der Waals surface area contributed by atoms with Crippen LogP contribution in [0.25, 0.3) is 0 Å². The molecular formula is C14H25N3O. The SMILES string of the molecule is CC1CCCC(c2noc([C@@H](N)C(C)(C)C)n2)C1. The van der Waals surface area contributed by atoms with Gasteiger partial charge in [-0.2, -0.15) is 4.98 Å². The molecule has 2 unspecified atom stereocenters. The van der Waals surface area contributed by atoms with Gasteiger partial charge in [0.15, 0.2) is 5.82 Å². The van der Waals surface area contributed by atoms with Gasteiger partial charge in [-0.1, -0.05) is 45.7 Å². The molecule has 1 heterocycles. The third kappa shape index (κ3) is 2.91. The van der Waals surface area contributed by atoms with Crippen LogP contribution in [0.15, 0.2) is 4.52 Å². The molecule has 1 aromatic heterocycles. The lowest BCUT2D eigenvalue weighted by atomic mass is 9.82. The molecule has 2 N–H and O–H groups in total. The molecule has 1 aliphatic carbocycles. The second kappa shape index (κ2) is 5.00. The van der Waals surface area contributed by atoms with E-state index in [0.717, 1.165) is 11.7 Å². The Labute approximate surface area is 109 Å². The van der Waals surface area contributed by atoms with E-state index in [0.29, 0.717) is 11.8 Å². The van der Waals surface area contributed by atoms with Crippen molar-refractivity contribution >= 4 is 0 Å². The molecule has 4 nitrogen and oxygen atoms in total. The van der Waals surface area contributed by atoms with Crippen LogP contribution < -0.4 is 5.73 Å². The fourth-order valence-corrected chi connectivity index (χ4v) is 2.58. The van der Waals surface area contributed by atoms with Gasteiger partial charge in [0.1, 0.15) is 0 Å². The number of hydrogen-bond acceptors (Lipinski definition) is 4. The minimum Gasteiger partial charge on any atom is -0.338 e. The van der Waals surface area contributed by atoms with Crippen molar-refractivity contribution in [3.63, 3.8) is 0 Å². The quantitative estimate of drug-likeness (QED) is 0.874. The van der Waals surface area contributed by atoms with Gasteiger partial charge >= 0.3 is 0 Å². The largest absolute Gasteiger partial charge is 0.338 e. The van der Waals surface area contributed by atoms with E-state index >= 15 is 0 Å². The first-order valence-corrected chi connectivity index (χ1v) is 6.97. The van der Waals surface area contributed by atoms with Crippen molar-refractivity contribution in [2.75, 3.05) is 0 Å². The zero-order chi connectivity index (χ0) is 13.3. The standard InChI is InChI=1S/C14H25N3O/c1-9-6-5-7-10(8-9)12-16-13(18-17-12)11(15)14(2,3)4/h9-11H,5-8,15H2,1-4H3/t9?,10?,11-/m1/s1. The predicted octanol–water partition coefficient (Wildman–Crippen LogP) is 3.41. The van der Waals surface area contributed by atoms with Crippen LogP contribution in [0.3, 0.4) is 0 Å². The van der Waals surface area contributed by atoms with Crippen molar-refractivity contribution in [3.05, 3.63) is 11.7 Å². The summed E-state index contributed by atoms with van der Waals surface area (Å²) in [6.45, 7) is 8.56. The van der Waals surface area contributed by atoms with E-state index in [2.05, 4.69) is 37.8 Å². The van der Waals surface area contributed by atoms with E-state index in [-0.39, 0.29) is 11.5 Å². The van der Waals surface area contributed by atoms with Gasteiger partial charge < -0.3 is 10.3 Å². The molecule has 4 heteroatoms. The Bertz CT molecular complexity index is 394. The number of nitrogens with zero attached hydrogens (tertiary/aromatic N) is 2. The smallest absolute Gasteiger partial charge is 0.244 e. The molecule has 0 spiro atoms. The summed E-state index contributed by atoms with van der Waals surface area (Å²) in [7, 11) is 0. The van der Waals surface area contributed by atoms with Gasteiger partial charge in [0, 0.05) is 5.92 Å². The summed E-state index contributed by atoms with van der Waals surface area (Å²) in [4.78, 5) is 4.53. The molecule has 3 atom stereocenters. The number of aromatic nitrogens is 2. The summed E-state index contributed by atoms with van der Waals surface area (Å²) >= 11 is 0. The van der Waals surface area contributed by atoms with Crippen molar-refractivity contribution in [3.8, 4) is 0 Å². The highest BCUT2D eigenvalue weighted by Crippen LogP contribution is 2.36. The molecule has 102 valence electrons. The van der Waals surface area contributed by atoms with Crippen LogP contribution in [-0.2, 0) is 0 Å². The number of hydrogen-bond donors (Lipinski definition) is 1. The van der Waals surface area contributed by atoms with E-state index in [4.69, 9.17) is 10.3 Å². The lowest BCUT2D eigenvalue weighted by molar-refractivity contribution is 0.251. The first-order chi connectivity index (χ1) is 8.38. The highest BCUT2D eigenvalue weighted by atomic mass is 16.5. The maximum atomic E-state index is 6.15. The highest BCUT2D eigenvalue weighted by molar-refractivity contribution is 5.02. The second-order valence-corrected chi connectivity index (χ2v) is 6.80. The normalized spacial score (nSPS) is 27.2. The summed E-state index contributed by atoms with van der Waals surface area (Å²) in [5.74, 6) is 2.66. The van der Waals surface area contributed by atoms with Gasteiger partial charge in [-0.15, -0.1) is 0 Å².